The van der Waals surface area contributed by atoms with Gasteiger partial charge in [-0.1, -0.05) is 6.07 Å². The molecule has 1 aromatic carbocycles. The van der Waals surface area contributed by atoms with Crippen molar-refractivity contribution in [3.8, 4) is 6.07 Å². The highest BCUT2D eigenvalue weighted by atomic mass is 79.9. The average Bonchev–Trinajstić information content (AvgIpc) is 3.04. The van der Waals surface area contributed by atoms with E-state index in [2.05, 4.69) is 21.2 Å². The lowest BCUT2D eigenvalue weighted by Gasteiger charge is -2.10. The molecule has 1 saturated heterocycles. The van der Waals surface area contributed by atoms with Crippen molar-refractivity contribution in [2.75, 3.05) is 13.2 Å². The molecule has 0 bridgehead atoms. The van der Waals surface area contributed by atoms with Gasteiger partial charge in [0.1, 0.15) is 11.6 Å². The lowest BCUT2D eigenvalue weighted by molar-refractivity contribution is -0.385. The molecule has 1 aliphatic heterocycles. The van der Waals surface area contributed by atoms with Gasteiger partial charge in [-0.2, -0.15) is 5.26 Å². The summed E-state index contributed by atoms with van der Waals surface area (Å²) in [7, 11) is 0. The highest BCUT2D eigenvalue weighted by Crippen LogP contribution is 2.26. The van der Waals surface area contributed by atoms with Crippen molar-refractivity contribution in [1.82, 2.24) is 5.32 Å². The van der Waals surface area contributed by atoms with Crippen LogP contribution in [0.25, 0.3) is 6.08 Å². The molecule has 1 aliphatic rings. The maximum absolute atomic E-state index is 12.0. The molecule has 1 aromatic rings. The quantitative estimate of drug-likeness (QED) is 0.366. The number of ether oxygens (including phenoxy) is 1. The van der Waals surface area contributed by atoms with Gasteiger partial charge in [0, 0.05) is 19.2 Å². The van der Waals surface area contributed by atoms with Crippen LogP contribution in [0.1, 0.15) is 18.4 Å². The second-order valence-corrected chi connectivity index (χ2v) is 5.84. The summed E-state index contributed by atoms with van der Waals surface area (Å²) in [4.78, 5) is 22.4. The van der Waals surface area contributed by atoms with Crippen LogP contribution in [0.3, 0.4) is 0 Å². The SMILES string of the molecule is N#C/C(=C\c1ccc(Br)c([N+](=O)[O-])c1)C(=O)NC[C@H]1CCCO1. The number of nitro groups is 1. The minimum absolute atomic E-state index is 0.0207. The van der Waals surface area contributed by atoms with E-state index in [0.29, 0.717) is 23.2 Å². The third-order valence-electron chi connectivity index (χ3n) is 3.36. The number of hydrogen-bond acceptors (Lipinski definition) is 5. The van der Waals surface area contributed by atoms with E-state index in [4.69, 9.17) is 10.00 Å². The first-order chi connectivity index (χ1) is 11.0. The van der Waals surface area contributed by atoms with Crippen molar-refractivity contribution in [1.29, 1.82) is 5.26 Å². The van der Waals surface area contributed by atoms with Gasteiger partial charge in [-0.3, -0.25) is 14.9 Å². The fourth-order valence-corrected chi connectivity index (χ4v) is 2.57. The number of carbonyl (C=O) groups is 1. The van der Waals surface area contributed by atoms with E-state index in [0.717, 1.165) is 12.8 Å². The maximum atomic E-state index is 12.0. The first kappa shape index (κ1) is 17.1. The zero-order valence-electron chi connectivity index (χ0n) is 12.1. The van der Waals surface area contributed by atoms with E-state index in [-0.39, 0.29) is 17.4 Å². The van der Waals surface area contributed by atoms with E-state index < -0.39 is 10.8 Å². The van der Waals surface area contributed by atoms with Gasteiger partial charge >= 0.3 is 0 Å². The number of rotatable bonds is 5. The Morgan fingerprint density at radius 1 is 1.61 bits per heavy atom. The molecule has 120 valence electrons. The maximum Gasteiger partial charge on any atom is 0.284 e. The van der Waals surface area contributed by atoms with Crippen molar-refractivity contribution in [3.05, 3.63) is 43.9 Å². The summed E-state index contributed by atoms with van der Waals surface area (Å²) in [6.45, 7) is 1.03. The van der Waals surface area contributed by atoms with Crippen LogP contribution in [-0.4, -0.2) is 30.1 Å². The van der Waals surface area contributed by atoms with E-state index in [1.165, 1.54) is 18.2 Å². The number of nitrogens with one attached hydrogen (secondary N) is 1. The number of hydrogen-bond donors (Lipinski definition) is 1. The Morgan fingerprint density at radius 3 is 3.00 bits per heavy atom. The van der Waals surface area contributed by atoms with Gasteiger partial charge in [0.2, 0.25) is 0 Å². The summed E-state index contributed by atoms with van der Waals surface area (Å²) in [6.07, 6.45) is 3.15. The van der Waals surface area contributed by atoms with Crippen LogP contribution >= 0.6 is 15.9 Å². The van der Waals surface area contributed by atoms with Gasteiger partial charge in [-0.15, -0.1) is 0 Å². The molecular formula is C15H14BrN3O4. The molecule has 1 heterocycles. The zero-order chi connectivity index (χ0) is 16.8. The lowest BCUT2D eigenvalue weighted by Crippen LogP contribution is -2.32. The van der Waals surface area contributed by atoms with Crippen molar-refractivity contribution in [2.24, 2.45) is 0 Å². The normalized spacial score (nSPS) is 17.6. The number of benzene rings is 1. The minimum atomic E-state index is -0.537. The topological polar surface area (TPSA) is 105 Å². The van der Waals surface area contributed by atoms with E-state index in [9.17, 15) is 14.9 Å². The highest BCUT2D eigenvalue weighted by molar-refractivity contribution is 9.10. The summed E-state index contributed by atoms with van der Waals surface area (Å²) in [5.41, 5.74) is 0.166. The van der Waals surface area contributed by atoms with E-state index >= 15 is 0 Å². The number of amides is 1. The molecule has 1 fully saturated rings. The van der Waals surface area contributed by atoms with Crippen LogP contribution in [0.15, 0.2) is 28.2 Å². The monoisotopic (exact) mass is 379 g/mol. The zero-order valence-corrected chi connectivity index (χ0v) is 13.7. The number of carbonyl (C=O) groups excluding carboxylic acids is 1. The van der Waals surface area contributed by atoms with Gasteiger partial charge in [0.25, 0.3) is 11.6 Å². The number of nitro benzene ring substituents is 1. The van der Waals surface area contributed by atoms with Gasteiger partial charge < -0.3 is 10.1 Å². The number of halogens is 1. The minimum Gasteiger partial charge on any atom is -0.376 e. The molecule has 1 N–H and O–H groups in total. The first-order valence-electron chi connectivity index (χ1n) is 6.97. The van der Waals surface area contributed by atoms with Crippen LogP contribution in [-0.2, 0) is 9.53 Å². The molecule has 0 aliphatic carbocycles. The summed E-state index contributed by atoms with van der Waals surface area (Å²) < 4.78 is 5.73. The molecule has 0 unspecified atom stereocenters. The van der Waals surface area contributed by atoms with Gasteiger partial charge in [0.05, 0.1) is 15.5 Å². The molecule has 0 spiro atoms. The highest BCUT2D eigenvalue weighted by Gasteiger charge is 2.18. The predicted octanol–water partition coefficient (Wildman–Crippen LogP) is 2.56. The Morgan fingerprint density at radius 2 is 2.39 bits per heavy atom. The molecule has 1 amide bonds. The van der Waals surface area contributed by atoms with Crippen molar-refractivity contribution in [3.63, 3.8) is 0 Å². The molecule has 1 atom stereocenters. The van der Waals surface area contributed by atoms with Crippen molar-refractivity contribution >= 4 is 33.6 Å². The number of nitrogens with zero attached hydrogens (tertiary/aromatic N) is 2. The number of nitriles is 1. The molecule has 0 radical (unpaired) electrons. The van der Waals surface area contributed by atoms with E-state index in [1.54, 1.807) is 6.07 Å². The third kappa shape index (κ3) is 4.61. The standard InChI is InChI=1S/C15H14BrN3O4/c16-13-4-3-10(7-14(13)19(21)22)6-11(8-17)15(20)18-9-12-2-1-5-23-12/h3-4,6-7,12H,1-2,5,9H2,(H,18,20)/b11-6+/t12-/m1/s1. The van der Waals surface area contributed by atoms with Crippen LogP contribution < -0.4 is 5.32 Å². The Balaban J connectivity index is 2.11. The van der Waals surface area contributed by atoms with Crippen LogP contribution in [0.5, 0.6) is 0 Å². The summed E-state index contributed by atoms with van der Waals surface area (Å²) >= 11 is 3.09. The van der Waals surface area contributed by atoms with Gasteiger partial charge in [0.15, 0.2) is 0 Å². The molecule has 0 aromatic heterocycles. The fraction of sp³-hybridized carbons (Fsp3) is 0.333. The van der Waals surface area contributed by atoms with Crippen molar-refractivity contribution in [2.45, 2.75) is 18.9 Å². The van der Waals surface area contributed by atoms with E-state index in [1.807, 2.05) is 6.07 Å². The summed E-state index contributed by atoms with van der Waals surface area (Å²) in [6, 6.07) is 6.20. The molecule has 23 heavy (non-hydrogen) atoms. The van der Waals surface area contributed by atoms with Gasteiger partial charge in [-0.05, 0) is 46.5 Å². The Kier molecular flexibility index (Phi) is 5.84. The second kappa shape index (κ2) is 7.85. The average molecular weight is 380 g/mol. The Hall–Kier alpha value is -2.24. The van der Waals surface area contributed by atoms with Crippen molar-refractivity contribution < 1.29 is 14.5 Å². The van der Waals surface area contributed by atoms with Crippen LogP contribution in [0, 0.1) is 21.4 Å². The van der Waals surface area contributed by atoms with Crippen LogP contribution in [0.2, 0.25) is 0 Å². The smallest absolute Gasteiger partial charge is 0.284 e. The largest absolute Gasteiger partial charge is 0.376 e. The third-order valence-corrected chi connectivity index (χ3v) is 4.03. The molecule has 7 nitrogen and oxygen atoms in total. The molecular weight excluding hydrogens is 366 g/mol. The molecule has 2 rings (SSSR count). The summed E-state index contributed by atoms with van der Waals surface area (Å²) in [5.74, 6) is -0.520. The molecule has 0 saturated carbocycles. The Bertz CT molecular complexity index is 690. The second-order valence-electron chi connectivity index (χ2n) is 4.98. The van der Waals surface area contributed by atoms with Gasteiger partial charge in [-0.25, -0.2) is 0 Å². The van der Waals surface area contributed by atoms with Crippen LogP contribution in [0.4, 0.5) is 5.69 Å². The fourth-order valence-electron chi connectivity index (χ4n) is 2.18. The summed E-state index contributed by atoms with van der Waals surface area (Å²) in [5, 5.41) is 22.7. The predicted molar refractivity (Wildman–Crippen MR) is 86.4 cm³/mol. The first-order valence-corrected chi connectivity index (χ1v) is 7.76. The molecule has 8 heteroatoms. The lowest BCUT2D eigenvalue weighted by atomic mass is 10.1. The Labute approximate surface area is 141 Å².